The molecule has 0 fully saturated rings. The number of aliphatic carboxylic acids is 1. The maximum Gasteiger partial charge on any atom is 0.264 e. The quantitative estimate of drug-likeness (QED) is 0.458. The van der Waals surface area contributed by atoms with E-state index in [4.69, 9.17) is 12.2 Å². The van der Waals surface area contributed by atoms with E-state index in [9.17, 15) is 19.8 Å². The Labute approximate surface area is 142 Å². The van der Waals surface area contributed by atoms with Crippen molar-refractivity contribution in [3.05, 3.63) is 63.2 Å². The molecule has 0 amide bonds. The van der Waals surface area contributed by atoms with E-state index in [1.165, 1.54) is 16.9 Å². The molecule has 1 aromatic carbocycles. The number of benzene rings is 1. The van der Waals surface area contributed by atoms with Crippen LogP contribution in [0.1, 0.15) is 11.1 Å². The molecule has 0 saturated heterocycles. The molecule has 2 aromatic rings. The average molecular weight is 344 g/mol. The normalized spacial score (nSPS) is 10.8. The summed E-state index contributed by atoms with van der Waals surface area (Å²) in [6.45, 7) is 3.80. The van der Waals surface area contributed by atoms with Crippen molar-refractivity contribution < 1.29 is 15.0 Å². The van der Waals surface area contributed by atoms with Gasteiger partial charge in [0.15, 0.2) is 4.77 Å². The number of aromatic hydroxyl groups is 1. The third-order valence-electron chi connectivity index (χ3n) is 3.15. The molecule has 124 valence electrons. The fraction of sp³-hybridized carbons (Fsp3) is 0.125. The zero-order valence-electron chi connectivity index (χ0n) is 12.6. The fourth-order valence-corrected chi connectivity index (χ4v) is 2.25. The molecule has 24 heavy (non-hydrogen) atoms. The first-order valence-electron chi connectivity index (χ1n) is 6.92. The number of allylic oxidation sites excluding steroid dienone is 1. The maximum absolute atomic E-state index is 11.9. The topological polar surface area (TPSA) is 111 Å². The molecule has 7 nitrogen and oxygen atoms in total. The molecule has 0 bridgehead atoms. The first-order chi connectivity index (χ1) is 11.4. The molecule has 0 aliphatic rings. The molecule has 0 aliphatic heterocycles. The van der Waals surface area contributed by atoms with Gasteiger partial charge in [-0.15, -0.1) is 6.58 Å². The summed E-state index contributed by atoms with van der Waals surface area (Å²) >= 11 is 4.98. The van der Waals surface area contributed by atoms with Crippen LogP contribution in [0.2, 0.25) is 0 Å². The lowest BCUT2D eigenvalue weighted by atomic mass is 10.1. The van der Waals surface area contributed by atoms with Crippen molar-refractivity contribution in [2.45, 2.75) is 13.0 Å². The van der Waals surface area contributed by atoms with Gasteiger partial charge in [0.05, 0.1) is 5.69 Å². The van der Waals surface area contributed by atoms with E-state index in [2.05, 4.69) is 16.6 Å². The van der Waals surface area contributed by atoms with Crippen LogP contribution in [0.4, 0.5) is 5.69 Å². The molecular formula is C16H14N3O4S-. The number of nitrogens with one attached hydrogen (secondary N) is 1. The number of hydrogen-bond acceptors (Lipinski definition) is 6. The number of H-pyrrole nitrogens is 1. The number of nitrogens with zero attached hydrogens (tertiary/aromatic N) is 2. The summed E-state index contributed by atoms with van der Waals surface area (Å²) in [5.74, 6) is -1.47. The molecule has 8 heteroatoms. The van der Waals surface area contributed by atoms with Gasteiger partial charge in [-0.05, 0) is 29.9 Å². The number of carboxylic acids is 1. The predicted octanol–water partition coefficient (Wildman–Crippen LogP) is 0.840. The number of hydrogen-bond donors (Lipinski definition) is 2. The Kier molecular flexibility index (Phi) is 5.43. The molecule has 0 saturated carbocycles. The van der Waals surface area contributed by atoms with E-state index in [0.29, 0.717) is 11.3 Å². The highest BCUT2D eigenvalue weighted by Crippen LogP contribution is 2.16. The Hall–Kier alpha value is -3.00. The van der Waals surface area contributed by atoms with E-state index in [-0.39, 0.29) is 29.2 Å². The second kappa shape index (κ2) is 7.51. The fourth-order valence-electron chi connectivity index (χ4n) is 2.00. The highest BCUT2D eigenvalue weighted by atomic mass is 32.1. The van der Waals surface area contributed by atoms with Crippen molar-refractivity contribution in [2.24, 2.45) is 4.99 Å². The van der Waals surface area contributed by atoms with Crippen LogP contribution >= 0.6 is 12.2 Å². The van der Waals surface area contributed by atoms with Crippen LogP contribution in [0.25, 0.3) is 0 Å². The van der Waals surface area contributed by atoms with Crippen molar-refractivity contribution in [3.8, 4) is 5.88 Å². The number of rotatable bonds is 6. The molecule has 2 N–H and O–H groups in total. The predicted molar refractivity (Wildman–Crippen MR) is 90.2 cm³/mol. The lowest BCUT2D eigenvalue weighted by Crippen LogP contribution is -2.24. The van der Waals surface area contributed by atoms with Crippen molar-refractivity contribution in [3.63, 3.8) is 0 Å². The smallest absolute Gasteiger partial charge is 0.264 e. The number of carbonyl (C=O) groups excluding carboxylic acids is 1. The minimum absolute atomic E-state index is 0.0377. The molecule has 1 aromatic heterocycles. The Morgan fingerprint density at radius 2 is 2.08 bits per heavy atom. The molecule has 1 heterocycles. The van der Waals surface area contributed by atoms with E-state index < -0.39 is 11.5 Å². The van der Waals surface area contributed by atoms with E-state index in [0.717, 1.165) is 0 Å². The number of aromatic nitrogens is 2. The average Bonchev–Trinajstić information content (AvgIpc) is 2.52. The first-order valence-corrected chi connectivity index (χ1v) is 7.33. The van der Waals surface area contributed by atoms with Crippen LogP contribution in [0.3, 0.4) is 0 Å². The minimum atomic E-state index is -1.17. The highest BCUT2D eigenvalue weighted by Gasteiger charge is 2.09. The van der Waals surface area contributed by atoms with E-state index in [1.54, 1.807) is 24.3 Å². The van der Waals surface area contributed by atoms with Gasteiger partial charge in [0.25, 0.3) is 5.56 Å². The number of carboxylic acid groups (broad SMARTS) is 1. The summed E-state index contributed by atoms with van der Waals surface area (Å²) in [4.78, 5) is 29.0. The summed E-state index contributed by atoms with van der Waals surface area (Å²) in [6, 6.07) is 6.38. The molecule has 0 atom stereocenters. The van der Waals surface area contributed by atoms with Gasteiger partial charge >= 0.3 is 0 Å². The van der Waals surface area contributed by atoms with Crippen molar-refractivity contribution >= 4 is 30.1 Å². The summed E-state index contributed by atoms with van der Waals surface area (Å²) in [7, 11) is 0. The number of aliphatic imine (C=N–C) groups is 1. The van der Waals surface area contributed by atoms with Gasteiger partial charge in [-0.3, -0.25) is 19.3 Å². The second-order valence-corrected chi connectivity index (χ2v) is 5.26. The molecular weight excluding hydrogens is 330 g/mol. The zero-order valence-corrected chi connectivity index (χ0v) is 13.4. The molecule has 0 aliphatic carbocycles. The third-order valence-corrected chi connectivity index (χ3v) is 3.47. The van der Waals surface area contributed by atoms with Crippen molar-refractivity contribution in [1.82, 2.24) is 9.55 Å². The van der Waals surface area contributed by atoms with Crippen LogP contribution in [-0.2, 0) is 17.8 Å². The molecule has 2 rings (SSSR count). The van der Waals surface area contributed by atoms with Crippen LogP contribution in [0.15, 0.2) is 46.7 Å². The van der Waals surface area contributed by atoms with Crippen molar-refractivity contribution in [2.75, 3.05) is 0 Å². The Morgan fingerprint density at radius 3 is 2.67 bits per heavy atom. The highest BCUT2D eigenvalue weighted by molar-refractivity contribution is 7.71. The van der Waals surface area contributed by atoms with Gasteiger partial charge in [-0.1, -0.05) is 18.2 Å². The van der Waals surface area contributed by atoms with Gasteiger partial charge in [-0.25, -0.2) is 0 Å². The van der Waals surface area contributed by atoms with Gasteiger partial charge in [-0.2, -0.15) is 0 Å². The SMILES string of the molecule is C=CCn1c(O)c(C=Nc2ccc(CC(=O)[O-])cc2)c(=O)[nH]c1=S. The molecule has 0 unspecified atom stereocenters. The first kappa shape index (κ1) is 17.4. The zero-order chi connectivity index (χ0) is 17.7. The minimum Gasteiger partial charge on any atom is -0.550 e. The van der Waals surface area contributed by atoms with Gasteiger partial charge in [0, 0.05) is 25.1 Å². The summed E-state index contributed by atoms with van der Waals surface area (Å²) < 4.78 is 1.40. The lowest BCUT2D eigenvalue weighted by Gasteiger charge is -2.08. The molecule has 0 spiro atoms. The second-order valence-electron chi connectivity index (χ2n) is 4.87. The van der Waals surface area contributed by atoms with E-state index in [1.807, 2.05) is 0 Å². The molecule has 0 radical (unpaired) electrons. The van der Waals surface area contributed by atoms with Gasteiger partial charge < -0.3 is 15.0 Å². The van der Waals surface area contributed by atoms with Crippen LogP contribution in [0, 0.1) is 4.77 Å². The summed E-state index contributed by atoms with van der Waals surface area (Å²) in [6.07, 6.45) is 2.56. The Bertz CT molecular complexity index is 910. The van der Waals surface area contributed by atoms with Crippen molar-refractivity contribution in [1.29, 1.82) is 0 Å². The largest absolute Gasteiger partial charge is 0.550 e. The van der Waals surface area contributed by atoms with E-state index >= 15 is 0 Å². The monoisotopic (exact) mass is 344 g/mol. The Balaban J connectivity index is 2.33. The third kappa shape index (κ3) is 4.05. The van der Waals surface area contributed by atoms with Gasteiger partial charge in [0.2, 0.25) is 5.88 Å². The summed E-state index contributed by atoms with van der Waals surface area (Å²) in [5.41, 5.74) is 0.474. The number of carbonyl (C=O) groups is 1. The summed E-state index contributed by atoms with van der Waals surface area (Å²) in [5, 5.41) is 20.7. The lowest BCUT2D eigenvalue weighted by molar-refractivity contribution is -0.304. The Morgan fingerprint density at radius 1 is 1.42 bits per heavy atom. The number of aromatic amines is 1. The standard InChI is InChI=1S/C16H15N3O4S/c1-2-7-19-15(23)12(14(22)18-16(19)24)9-17-11-5-3-10(4-6-11)8-13(20)21/h2-6,9,23H,1,7-8H2,(H,20,21)(H,18,22,24)/p-1. The maximum atomic E-state index is 11.9. The van der Waals surface area contributed by atoms with Gasteiger partial charge in [0.1, 0.15) is 5.56 Å². The van der Waals surface area contributed by atoms with Crippen LogP contribution < -0.4 is 10.7 Å². The van der Waals surface area contributed by atoms with Crippen LogP contribution in [0.5, 0.6) is 5.88 Å². The van der Waals surface area contributed by atoms with Crippen LogP contribution in [-0.4, -0.2) is 26.8 Å².